The second kappa shape index (κ2) is 9.41. The number of rotatable bonds is 4. The van der Waals surface area contributed by atoms with Gasteiger partial charge >= 0.3 is 0 Å². The number of H-pyrrole nitrogens is 1. The Morgan fingerprint density at radius 2 is 2.17 bits per heavy atom. The third-order valence-corrected chi connectivity index (χ3v) is 5.96. The van der Waals surface area contributed by atoms with Gasteiger partial charge in [-0.25, -0.2) is 0 Å². The first kappa shape index (κ1) is 22.0. The van der Waals surface area contributed by atoms with Gasteiger partial charge in [-0.2, -0.15) is 5.10 Å². The number of likely N-dealkylation sites (tertiary alicyclic amines) is 1. The topological polar surface area (TPSA) is 141 Å². The highest BCUT2D eigenvalue weighted by atomic mass is 16.5. The molecule has 0 aromatic carbocycles. The zero-order chi connectivity index (χ0) is 21.6. The lowest BCUT2D eigenvalue weighted by molar-refractivity contribution is -0.205. The zero-order valence-corrected chi connectivity index (χ0v) is 16.9. The van der Waals surface area contributed by atoms with E-state index in [1.165, 1.54) is 6.20 Å². The molecule has 0 saturated carbocycles. The number of carbonyl (C=O) groups excluding carboxylic acids is 1. The van der Waals surface area contributed by atoms with Crippen LogP contribution in [0.4, 0.5) is 0 Å². The molecule has 0 unspecified atom stereocenters. The second-order valence-corrected chi connectivity index (χ2v) is 7.94. The van der Waals surface area contributed by atoms with Crippen molar-refractivity contribution in [2.75, 3.05) is 19.7 Å². The Labute approximate surface area is 174 Å². The van der Waals surface area contributed by atoms with E-state index >= 15 is 0 Å². The molecule has 2 aromatic heterocycles. The van der Waals surface area contributed by atoms with Crippen LogP contribution in [0, 0.1) is 0 Å². The largest absolute Gasteiger partial charge is 0.483 e. The van der Waals surface area contributed by atoms with Crippen molar-refractivity contribution in [1.29, 1.82) is 0 Å². The number of furan rings is 1. The summed E-state index contributed by atoms with van der Waals surface area (Å²) >= 11 is 0. The van der Waals surface area contributed by atoms with Crippen LogP contribution in [0.1, 0.15) is 42.1 Å². The monoisotopic (exact) mass is 420 g/mol. The number of nitrogens with zero attached hydrogens (tertiary/aromatic N) is 2. The number of ether oxygens (including phenoxy) is 1. The molecule has 2 atom stereocenters. The number of hydrogen-bond donors (Lipinski definition) is 4. The smallest absolute Gasteiger partial charge is 0.290 e. The van der Waals surface area contributed by atoms with Gasteiger partial charge in [0.25, 0.3) is 12.4 Å². The van der Waals surface area contributed by atoms with Crippen molar-refractivity contribution < 1.29 is 29.0 Å². The summed E-state index contributed by atoms with van der Waals surface area (Å²) in [5.74, 6) is -0.236. The lowest BCUT2D eigenvalue weighted by Gasteiger charge is -2.53. The number of hydrogen-bond acceptors (Lipinski definition) is 7. The molecule has 0 bridgehead atoms. The highest BCUT2D eigenvalue weighted by molar-refractivity contribution is 5.94. The number of aromatic amines is 1. The van der Waals surface area contributed by atoms with Gasteiger partial charge in [0.2, 0.25) is 0 Å². The molecule has 10 heteroatoms. The van der Waals surface area contributed by atoms with Crippen LogP contribution in [0.15, 0.2) is 35.4 Å². The minimum atomic E-state index is -0.773. The van der Waals surface area contributed by atoms with Gasteiger partial charge in [-0.1, -0.05) is 0 Å². The Balaban J connectivity index is 0.000000806. The summed E-state index contributed by atoms with van der Waals surface area (Å²) in [7, 11) is 0. The third-order valence-electron chi connectivity index (χ3n) is 5.96. The number of carboxylic acid groups (broad SMARTS) is 1. The molecule has 2 aliphatic heterocycles. The van der Waals surface area contributed by atoms with E-state index in [2.05, 4.69) is 20.4 Å². The molecule has 0 aliphatic carbocycles. The molecular weight excluding hydrogens is 392 g/mol. The Hall–Kier alpha value is -2.69. The van der Waals surface area contributed by atoms with Gasteiger partial charge in [0.05, 0.1) is 35.4 Å². The number of aliphatic hydroxyl groups is 1. The predicted octanol–water partition coefficient (Wildman–Crippen LogP) is 1.01. The number of amides is 1. The predicted molar refractivity (Wildman–Crippen MR) is 106 cm³/mol. The van der Waals surface area contributed by atoms with Crippen LogP contribution in [-0.2, 0) is 16.1 Å². The van der Waals surface area contributed by atoms with Crippen molar-refractivity contribution in [2.45, 2.75) is 50.0 Å². The Kier molecular flexibility index (Phi) is 6.91. The van der Waals surface area contributed by atoms with Gasteiger partial charge in [0.15, 0.2) is 0 Å². The number of aromatic nitrogens is 2. The summed E-state index contributed by atoms with van der Waals surface area (Å²) < 4.78 is 11.2. The maximum atomic E-state index is 12.5. The maximum absolute atomic E-state index is 12.5. The number of carbonyl (C=O) groups is 2. The Morgan fingerprint density at radius 3 is 2.77 bits per heavy atom. The summed E-state index contributed by atoms with van der Waals surface area (Å²) in [6.07, 6.45) is 7.72. The summed E-state index contributed by atoms with van der Waals surface area (Å²) in [5, 5.41) is 27.6. The highest BCUT2D eigenvalue weighted by Gasteiger charge is 2.53. The SMILES string of the molecule is C[C@@]1(NC(=O)c2cn[nH]c2)CCOC2(CCN(Cc3ccoc3)CC2)[C@H]1O.O=CO. The molecule has 164 valence electrons. The number of piperidine rings is 1. The van der Waals surface area contributed by atoms with E-state index in [4.69, 9.17) is 19.1 Å². The highest BCUT2D eigenvalue weighted by Crippen LogP contribution is 2.40. The van der Waals surface area contributed by atoms with Gasteiger partial charge in [-0.15, -0.1) is 0 Å². The minimum absolute atomic E-state index is 0.236. The second-order valence-electron chi connectivity index (χ2n) is 7.94. The quantitative estimate of drug-likeness (QED) is 0.537. The van der Waals surface area contributed by atoms with E-state index in [1.54, 1.807) is 18.7 Å². The van der Waals surface area contributed by atoms with E-state index in [-0.39, 0.29) is 12.4 Å². The van der Waals surface area contributed by atoms with Crippen molar-refractivity contribution >= 4 is 12.4 Å². The summed E-state index contributed by atoms with van der Waals surface area (Å²) in [5.41, 5.74) is 0.246. The standard InChI is InChI=1S/C19H26N4O4.CH2O2/c1-18(22-16(24)15-10-20-21-11-15)5-9-27-19(17(18)25)3-6-23(7-4-19)12-14-2-8-26-13-14;2-1-3/h2,8,10-11,13,17,25H,3-7,9,12H2,1H3,(H,20,21)(H,22,24);1H,(H,2,3)/t17-,18+;/m0./s1. The first-order valence-electron chi connectivity index (χ1n) is 9.87. The molecule has 4 N–H and O–H groups in total. The molecule has 4 heterocycles. The van der Waals surface area contributed by atoms with Crippen LogP contribution >= 0.6 is 0 Å². The molecule has 1 amide bonds. The lowest BCUT2D eigenvalue weighted by atomic mass is 9.73. The molecule has 2 aliphatic rings. The fourth-order valence-corrected chi connectivity index (χ4v) is 4.25. The fourth-order valence-electron chi connectivity index (χ4n) is 4.25. The molecule has 0 radical (unpaired) electrons. The molecule has 1 spiro atoms. The van der Waals surface area contributed by atoms with Gasteiger partial charge in [-0.3, -0.25) is 19.6 Å². The summed E-state index contributed by atoms with van der Waals surface area (Å²) in [4.78, 5) is 23.2. The van der Waals surface area contributed by atoms with E-state index < -0.39 is 17.2 Å². The van der Waals surface area contributed by atoms with Gasteiger partial charge in [0.1, 0.15) is 6.10 Å². The molecule has 30 heavy (non-hydrogen) atoms. The van der Waals surface area contributed by atoms with Crippen molar-refractivity contribution in [2.24, 2.45) is 0 Å². The first-order valence-corrected chi connectivity index (χ1v) is 9.87. The zero-order valence-electron chi connectivity index (χ0n) is 16.9. The molecule has 2 fully saturated rings. The fraction of sp³-hybridized carbons (Fsp3) is 0.550. The molecule has 2 saturated heterocycles. The summed E-state index contributed by atoms with van der Waals surface area (Å²) in [6.45, 7) is 4.65. The van der Waals surface area contributed by atoms with Crippen molar-refractivity contribution in [3.05, 3.63) is 42.1 Å². The van der Waals surface area contributed by atoms with Crippen molar-refractivity contribution in [1.82, 2.24) is 20.4 Å². The van der Waals surface area contributed by atoms with Crippen molar-refractivity contribution in [3.8, 4) is 0 Å². The maximum Gasteiger partial charge on any atom is 0.290 e. The first-order chi connectivity index (χ1) is 14.4. The molecule has 10 nitrogen and oxygen atoms in total. The average molecular weight is 420 g/mol. The lowest BCUT2D eigenvalue weighted by Crippen LogP contribution is -2.69. The number of aliphatic hydroxyl groups excluding tert-OH is 1. The van der Waals surface area contributed by atoms with Crippen LogP contribution in [-0.4, -0.2) is 74.6 Å². The van der Waals surface area contributed by atoms with Gasteiger partial charge in [-0.05, 0) is 32.3 Å². The van der Waals surface area contributed by atoms with Gasteiger partial charge in [0, 0.05) is 38.0 Å². The average Bonchev–Trinajstić information content (AvgIpc) is 3.43. The Bertz CT molecular complexity index is 801. The van der Waals surface area contributed by atoms with Crippen LogP contribution in [0.25, 0.3) is 0 Å². The third kappa shape index (κ3) is 4.72. The Morgan fingerprint density at radius 1 is 1.43 bits per heavy atom. The van der Waals surface area contributed by atoms with Gasteiger partial charge < -0.3 is 24.7 Å². The van der Waals surface area contributed by atoms with Crippen LogP contribution in [0.3, 0.4) is 0 Å². The summed E-state index contributed by atoms with van der Waals surface area (Å²) in [6, 6.07) is 1.97. The van der Waals surface area contributed by atoms with E-state index in [0.717, 1.165) is 38.0 Å². The molecule has 4 rings (SSSR count). The normalized spacial score (nSPS) is 25.9. The van der Waals surface area contributed by atoms with Crippen molar-refractivity contribution in [3.63, 3.8) is 0 Å². The number of nitrogens with one attached hydrogen (secondary N) is 2. The van der Waals surface area contributed by atoms with E-state index in [9.17, 15) is 9.90 Å². The van der Waals surface area contributed by atoms with E-state index in [1.807, 2.05) is 13.0 Å². The van der Waals surface area contributed by atoms with Crippen LogP contribution in [0.5, 0.6) is 0 Å². The molecule has 2 aromatic rings. The molecular formula is C20H28N4O6. The van der Waals surface area contributed by atoms with Crippen LogP contribution in [0.2, 0.25) is 0 Å². The van der Waals surface area contributed by atoms with E-state index in [0.29, 0.717) is 18.6 Å². The minimum Gasteiger partial charge on any atom is -0.483 e. The van der Waals surface area contributed by atoms with Crippen LogP contribution < -0.4 is 5.32 Å².